The summed E-state index contributed by atoms with van der Waals surface area (Å²) in [4.78, 5) is 31.0. The van der Waals surface area contributed by atoms with Gasteiger partial charge in [-0.3, -0.25) is 4.79 Å². The molecule has 0 unspecified atom stereocenters. The van der Waals surface area contributed by atoms with Crippen molar-refractivity contribution in [3.05, 3.63) is 0 Å². The molecule has 0 radical (unpaired) electrons. The Morgan fingerprint density at radius 2 is 1.53 bits per heavy atom. The molecule has 0 aromatic heterocycles. The SMILES string of the molecule is CCCC(=O)NC(C(=O)[O-])C(=O)[O-].[Na+].[Na+]. The van der Waals surface area contributed by atoms with E-state index in [4.69, 9.17) is 0 Å². The minimum atomic E-state index is -2.07. The smallest absolute Gasteiger partial charge is 0.547 e. The third kappa shape index (κ3) is 9.35. The fourth-order valence-corrected chi connectivity index (χ4v) is 0.674. The Bertz CT molecular complexity index is 219. The molecule has 0 aromatic rings. The fraction of sp³-hybridized carbons (Fsp3) is 0.571. The summed E-state index contributed by atoms with van der Waals surface area (Å²) in [6.07, 6.45) is 0.565. The van der Waals surface area contributed by atoms with Gasteiger partial charge in [0.05, 0.1) is 11.9 Å². The summed E-state index contributed by atoms with van der Waals surface area (Å²) in [5.74, 6) is -4.42. The number of hydrogen-bond donors (Lipinski definition) is 1. The summed E-state index contributed by atoms with van der Waals surface area (Å²) in [6, 6.07) is -2.07. The molecule has 0 aromatic carbocycles. The first-order valence-electron chi connectivity index (χ1n) is 3.70. The van der Waals surface area contributed by atoms with Gasteiger partial charge in [0.1, 0.15) is 6.04 Å². The third-order valence-electron chi connectivity index (χ3n) is 1.25. The van der Waals surface area contributed by atoms with Crippen molar-refractivity contribution in [2.45, 2.75) is 25.8 Å². The molecule has 74 valence electrons. The predicted octanol–water partition coefficient (Wildman–Crippen LogP) is -9.22. The summed E-state index contributed by atoms with van der Waals surface area (Å²) in [7, 11) is 0. The van der Waals surface area contributed by atoms with E-state index >= 15 is 0 Å². The van der Waals surface area contributed by atoms with E-state index < -0.39 is 23.9 Å². The van der Waals surface area contributed by atoms with Gasteiger partial charge >= 0.3 is 59.1 Å². The van der Waals surface area contributed by atoms with E-state index in [-0.39, 0.29) is 65.5 Å². The van der Waals surface area contributed by atoms with Crippen LogP contribution in [0, 0.1) is 0 Å². The molecule has 0 saturated heterocycles. The maximum atomic E-state index is 10.8. The molecule has 0 bridgehead atoms. The van der Waals surface area contributed by atoms with Crippen LogP contribution >= 0.6 is 0 Å². The zero-order chi connectivity index (χ0) is 10.4. The Labute approximate surface area is 131 Å². The van der Waals surface area contributed by atoms with Crippen LogP contribution in [0.3, 0.4) is 0 Å². The maximum Gasteiger partial charge on any atom is 1.00 e. The van der Waals surface area contributed by atoms with E-state index in [2.05, 4.69) is 0 Å². The minimum absolute atomic E-state index is 0. The molecule has 0 saturated carbocycles. The van der Waals surface area contributed by atoms with Crippen molar-refractivity contribution in [3.63, 3.8) is 0 Å². The first kappa shape index (κ1) is 20.8. The monoisotopic (exact) mass is 233 g/mol. The van der Waals surface area contributed by atoms with Gasteiger partial charge in [-0.2, -0.15) is 0 Å². The Morgan fingerprint density at radius 3 is 1.80 bits per heavy atom. The second-order valence-electron chi connectivity index (χ2n) is 2.39. The van der Waals surface area contributed by atoms with Crippen LogP contribution in [0.25, 0.3) is 0 Å². The number of carbonyl (C=O) groups is 3. The second kappa shape index (κ2) is 10.9. The normalized spacial score (nSPS) is 8.40. The number of aliphatic carboxylic acids is 2. The molecule has 0 aliphatic heterocycles. The van der Waals surface area contributed by atoms with Crippen LogP contribution in [-0.2, 0) is 14.4 Å². The maximum absolute atomic E-state index is 10.8. The molecule has 1 amide bonds. The number of amides is 1. The number of rotatable bonds is 5. The Kier molecular flexibility index (Phi) is 15.1. The molecule has 8 heteroatoms. The Morgan fingerprint density at radius 1 is 1.13 bits per heavy atom. The van der Waals surface area contributed by atoms with Gasteiger partial charge in [0, 0.05) is 6.42 Å². The molecule has 0 heterocycles. The zero-order valence-corrected chi connectivity index (χ0v) is 13.0. The average molecular weight is 233 g/mol. The van der Waals surface area contributed by atoms with Gasteiger partial charge in [-0.25, -0.2) is 0 Å². The zero-order valence-electron chi connectivity index (χ0n) is 9.03. The van der Waals surface area contributed by atoms with Gasteiger partial charge in [0.15, 0.2) is 0 Å². The molecule has 0 spiro atoms. The average Bonchev–Trinajstić information content (AvgIpc) is 1.99. The van der Waals surface area contributed by atoms with E-state index in [1.54, 1.807) is 12.2 Å². The summed E-state index contributed by atoms with van der Waals surface area (Å²) in [5.41, 5.74) is 0. The summed E-state index contributed by atoms with van der Waals surface area (Å²) < 4.78 is 0. The van der Waals surface area contributed by atoms with Crippen molar-refractivity contribution < 1.29 is 83.7 Å². The van der Waals surface area contributed by atoms with Gasteiger partial charge in [0.2, 0.25) is 5.91 Å². The number of nitrogens with one attached hydrogen (secondary N) is 1. The first-order chi connectivity index (χ1) is 5.99. The van der Waals surface area contributed by atoms with Crippen LogP contribution in [0.1, 0.15) is 19.8 Å². The Balaban J connectivity index is -0.000000720. The number of carbonyl (C=O) groups excluding carboxylic acids is 3. The summed E-state index contributed by atoms with van der Waals surface area (Å²) in [6.45, 7) is 1.70. The number of carboxylic acid groups (broad SMARTS) is 2. The minimum Gasteiger partial charge on any atom is -0.547 e. The van der Waals surface area contributed by atoms with Gasteiger partial charge in [0.25, 0.3) is 0 Å². The van der Waals surface area contributed by atoms with Crippen LogP contribution in [-0.4, -0.2) is 23.9 Å². The van der Waals surface area contributed by atoms with Crippen LogP contribution in [0.15, 0.2) is 0 Å². The van der Waals surface area contributed by atoms with Gasteiger partial charge in [-0.1, -0.05) is 6.92 Å². The Hall–Kier alpha value is 0.410. The van der Waals surface area contributed by atoms with E-state index in [0.717, 1.165) is 0 Å². The standard InChI is InChI=1S/C7H11NO5.2Na/c1-2-3-4(9)8-5(6(10)11)7(12)13;;/h5H,2-3H2,1H3,(H,8,9)(H,10,11)(H,12,13);;/q;2*+1/p-2. The third-order valence-corrected chi connectivity index (χ3v) is 1.25. The van der Waals surface area contributed by atoms with Crippen LogP contribution < -0.4 is 74.6 Å². The van der Waals surface area contributed by atoms with Crippen molar-refractivity contribution in [3.8, 4) is 0 Å². The van der Waals surface area contributed by atoms with Crippen LogP contribution in [0.2, 0.25) is 0 Å². The van der Waals surface area contributed by atoms with E-state index in [1.165, 1.54) is 0 Å². The predicted molar refractivity (Wildman–Crippen MR) is 36.9 cm³/mol. The van der Waals surface area contributed by atoms with Crippen LogP contribution in [0.4, 0.5) is 0 Å². The molecular weight excluding hydrogens is 224 g/mol. The fourth-order valence-electron chi connectivity index (χ4n) is 0.674. The van der Waals surface area contributed by atoms with Gasteiger partial charge < -0.3 is 25.1 Å². The molecule has 6 nitrogen and oxygen atoms in total. The number of hydrogen-bond acceptors (Lipinski definition) is 5. The van der Waals surface area contributed by atoms with E-state index in [0.29, 0.717) is 6.42 Å². The van der Waals surface area contributed by atoms with Crippen molar-refractivity contribution in [1.29, 1.82) is 0 Å². The van der Waals surface area contributed by atoms with E-state index in [1.807, 2.05) is 0 Å². The summed E-state index contributed by atoms with van der Waals surface area (Å²) >= 11 is 0. The van der Waals surface area contributed by atoms with Crippen molar-refractivity contribution >= 4 is 17.8 Å². The molecular formula is C7H9NNa2O5. The molecule has 0 atom stereocenters. The quantitative estimate of drug-likeness (QED) is 0.374. The van der Waals surface area contributed by atoms with Gasteiger partial charge in [-0.15, -0.1) is 0 Å². The van der Waals surface area contributed by atoms with Crippen LogP contribution in [0.5, 0.6) is 0 Å². The molecule has 0 fully saturated rings. The van der Waals surface area contributed by atoms with E-state index in [9.17, 15) is 24.6 Å². The molecule has 0 rings (SSSR count). The van der Waals surface area contributed by atoms with Gasteiger partial charge in [-0.05, 0) is 6.42 Å². The van der Waals surface area contributed by atoms with Crippen molar-refractivity contribution in [2.24, 2.45) is 0 Å². The molecule has 1 N–H and O–H groups in total. The summed E-state index contributed by atoms with van der Waals surface area (Å²) in [5, 5.41) is 22.0. The first-order valence-corrected chi connectivity index (χ1v) is 3.70. The number of carboxylic acids is 2. The topological polar surface area (TPSA) is 109 Å². The molecule has 15 heavy (non-hydrogen) atoms. The van der Waals surface area contributed by atoms with Crippen molar-refractivity contribution in [1.82, 2.24) is 5.32 Å². The van der Waals surface area contributed by atoms with Crippen molar-refractivity contribution in [2.75, 3.05) is 0 Å². The molecule has 0 aliphatic carbocycles. The largest absolute Gasteiger partial charge is 1.00 e. The second-order valence-corrected chi connectivity index (χ2v) is 2.39. The molecule has 0 aliphatic rings.